The van der Waals surface area contributed by atoms with Crippen molar-refractivity contribution in [1.82, 2.24) is 15.0 Å². The first-order chi connectivity index (χ1) is 11.5. The maximum atomic E-state index is 12.7. The Hall–Kier alpha value is -1.72. The number of hydrogen-bond donors (Lipinski definition) is 1. The van der Waals surface area contributed by atoms with E-state index in [9.17, 15) is 4.21 Å². The minimum Gasteiger partial charge on any atom is -1.00 e. The Morgan fingerprint density at radius 2 is 1.89 bits per heavy atom. The van der Waals surface area contributed by atoms with E-state index in [-0.39, 0.29) is 42.6 Å². The average Bonchev–Trinajstić information content (AvgIpc) is 3.01. The Bertz CT molecular complexity index is 943. The summed E-state index contributed by atoms with van der Waals surface area (Å²) in [6.07, 6.45) is 1.74. The first-order valence-electron chi connectivity index (χ1n) is 7.44. The molecule has 0 fully saturated rings. The molecule has 0 aliphatic carbocycles. The summed E-state index contributed by atoms with van der Waals surface area (Å²) in [5, 5.41) is 0.430. The molecule has 8 nitrogen and oxygen atoms in total. The molecule has 1 unspecified atom stereocenters. The van der Waals surface area contributed by atoms with Gasteiger partial charge in [0, 0.05) is 23.4 Å². The summed E-state index contributed by atoms with van der Waals surface area (Å²) >= 11 is 0. The number of H-pyrrole nitrogens is 1. The number of nitrogens with zero attached hydrogens (tertiary/aromatic N) is 2. The van der Waals surface area contributed by atoms with Gasteiger partial charge in [-0.1, -0.05) is 0 Å². The second-order valence-corrected chi connectivity index (χ2v) is 6.83. The van der Waals surface area contributed by atoms with Crippen molar-refractivity contribution in [3.8, 4) is 11.5 Å². The van der Waals surface area contributed by atoms with Crippen LogP contribution in [0.2, 0.25) is 0 Å². The van der Waals surface area contributed by atoms with Crippen molar-refractivity contribution in [2.24, 2.45) is 0 Å². The van der Waals surface area contributed by atoms with Crippen LogP contribution in [0.3, 0.4) is 0 Å². The Morgan fingerprint density at radius 3 is 2.52 bits per heavy atom. The van der Waals surface area contributed by atoms with Gasteiger partial charge in [-0.3, -0.25) is 9.19 Å². The SMILES string of the molecule is COc1ccc2nc(S(=O)Cc3ncc(C)c(OC)c3C)[nH]c2c1.O.O.[H-].[H-].[Mg+2]. The maximum Gasteiger partial charge on any atom is 2.00 e. The van der Waals surface area contributed by atoms with E-state index in [1.165, 1.54) is 0 Å². The molecule has 1 aromatic carbocycles. The van der Waals surface area contributed by atoms with Crippen LogP contribution in [0.25, 0.3) is 11.0 Å². The van der Waals surface area contributed by atoms with E-state index >= 15 is 0 Å². The fourth-order valence-corrected chi connectivity index (χ4v) is 3.71. The molecule has 146 valence electrons. The molecule has 0 spiro atoms. The third-order valence-corrected chi connectivity index (χ3v) is 5.06. The van der Waals surface area contributed by atoms with Crippen LogP contribution in [0.4, 0.5) is 0 Å². The van der Waals surface area contributed by atoms with Gasteiger partial charge >= 0.3 is 23.1 Å². The summed E-state index contributed by atoms with van der Waals surface area (Å²) < 4.78 is 23.3. The van der Waals surface area contributed by atoms with Gasteiger partial charge in [-0.2, -0.15) is 0 Å². The number of hydrogen-bond acceptors (Lipinski definition) is 5. The van der Waals surface area contributed by atoms with Crippen LogP contribution in [0.15, 0.2) is 29.6 Å². The van der Waals surface area contributed by atoms with Gasteiger partial charge in [0.25, 0.3) is 0 Å². The topological polar surface area (TPSA) is 140 Å². The van der Waals surface area contributed by atoms with E-state index in [1.807, 2.05) is 32.0 Å². The third kappa shape index (κ3) is 5.17. The number of imidazole rings is 1. The number of rotatable bonds is 5. The number of ether oxygens (including phenoxy) is 2. The third-order valence-electron chi connectivity index (χ3n) is 3.90. The van der Waals surface area contributed by atoms with Crippen molar-refractivity contribution >= 4 is 44.9 Å². The first-order valence-corrected chi connectivity index (χ1v) is 8.76. The van der Waals surface area contributed by atoms with Crippen molar-refractivity contribution in [3.63, 3.8) is 0 Å². The van der Waals surface area contributed by atoms with E-state index < -0.39 is 10.8 Å². The van der Waals surface area contributed by atoms with Crippen LogP contribution >= 0.6 is 0 Å². The largest absolute Gasteiger partial charge is 2.00 e. The molecular formula is C17H25MgN3O5S. The Kier molecular flexibility index (Phi) is 9.89. The minimum atomic E-state index is -1.33. The molecular weight excluding hydrogens is 383 g/mol. The fourth-order valence-electron chi connectivity index (χ4n) is 2.61. The molecule has 0 saturated carbocycles. The smallest absolute Gasteiger partial charge is 1.00 e. The van der Waals surface area contributed by atoms with E-state index in [1.54, 1.807) is 20.4 Å². The van der Waals surface area contributed by atoms with Crippen LogP contribution in [0, 0.1) is 13.8 Å². The number of pyridine rings is 1. The standard InChI is InChI=1S/C17H19N3O3S.Mg.2H2O.2H/c1-10-8-18-15(11(2)16(10)23-4)9-24(21)17-19-13-6-5-12(22-3)7-14(13)20-17;;;;;/h5-8H,9H2,1-4H3,(H,19,20);;2*1H2;;/q;+2;;;2*-1. The number of nitrogens with one attached hydrogen (secondary N) is 1. The monoisotopic (exact) mass is 407 g/mol. The zero-order valence-corrected chi connectivity index (χ0v) is 18.0. The van der Waals surface area contributed by atoms with Gasteiger partial charge < -0.3 is 28.3 Å². The van der Waals surface area contributed by atoms with Gasteiger partial charge in [0.2, 0.25) is 0 Å². The number of benzene rings is 1. The normalized spacial score (nSPS) is 11.0. The number of fused-ring (bicyclic) bond motifs is 1. The number of aryl methyl sites for hydroxylation is 1. The molecule has 0 aliphatic heterocycles. The van der Waals surface area contributed by atoms with Crippen molar-refractivity contribution < 1.29 is 27.5 Å². The Morgan fingerprint density at radius 1 is 1.19 bits per heavy atom. The molecule has 3 aromatic rings. The summed E-state index contributed by atoms with van der Waals surface area (Å²) in [6, 6.07) is 5.50. The molecule has 1 atom stereocenters. The second kappa shape index (κ2) is 10.6. The van der Waals surface area contributed by atoms with Gasteiger partial charge in [-0.25, -0.2) is 4.98 Å². The second-order valence-electron chi connectivity index (χ2n) is 5.46. The van der Waals surface area contributed by atoms with Crippen LogP contribution in [0.1, 0.15) is 19.7 Å². The predicted octanol–water partition coefficient (Wildman–Crippen LogP) is 1.09. The Balaban J connectivity index is -0.00000135. The van der Waals surface area contributed by atoms with Crippen LogP contribution in [-0.2, 0) is 16.6 Å². The molecule has 2 aromatic heterocycles. The summed E-state index contributed by atoms with van der Waals surface area (Å²) in [4.78, 5) is 11.9. The van der Waals surface area contributed by atoms with Crippen LogP contribution in [-0.4, -0.2) is 67.4 Å². The van der Waals surface area contributed by atoms with Gasteiger partial charge in [0.15, 0.2) is 5.16 Å². The molecule has 0 radical (unpaired) electrons. The minimum absolute atomic E-state index is 0. The molecule has 10 heteroatoms. The molecule has 27 heavy (non-hydrogen) atoms. The van der Waals surface area contributed by atoms with Crippen molar-refractivity contribution in [2.45, 2.75) is 24.8 Å². The molecule has 0 bridgehead atoms. The molecule has 0 saturated heterocycles. The number of methoxy groups -OCH3 is 2. The maximum absolute atomic E-state index is 12.7. The Labute approximate surface area is 178 Å². The average molecular weight is 408 g/mol. The number of aromatic amines is 1. The van der Waals surface area contributed by atoms with E-state index in [0.29, 0.717) is 5.16 Å². The van der Waals surface area contributed by atoms with Gasteiger partial charge in [-0.15, -0.1) is 0 Å². The van der Waals surface area contributed by atoms with E-state index in [2.05, 4.69) is 15.0 Å². The molecule has 0 amide bonds. The molecule has 3 rings (SSSR count). The summed E-state index contributed by atoms with van der Waals surface area (Å²) in [5.74, 6) is 1.79. The molecule has 0 aliphatic rings. The van der Waals surface area contributed by atoms with Gasteiger partial charge in [0.05, 0.1) is 47.5 Å². The molecule has 5 N–H and O–H groups in total. The quantitative estimate of drug-likeness (QED) is 0.630. The van der Waals surface area contributed by atoms with E-state index in [4.69, 9.17) is 9.47 Å². The summed E-state index contributed by atoms with van der Waals surface area (Å²) in [6.45, 7) is 3.86. The summed E-state index contributed by atoms with van der Waals surface area (Å²) in [7, 11) is 1.91. The first kappa shape index (κ1) is 25.3. The van der Waals surface area contributed by atoms with Crippen molar-refractivity contribution in [1.29, 1.82) is 0 Å². The van der Waals surface area contributed by atoms with E-state index in [0.717, 1.165) is 39.4 Å². The van der Waals surface area contributed by atoms with Crippen LogP contribution < -0.4 is 9.47 Å². The van der Waals surface area contributed by atoms with Gasteiger partial charge in [0.1, 0.15) is 11.5 Å². The van der Waals surface area contributed by atoms with Crippen LogP contribution in [0.5, 0.6) is 11.5 Å². The fraction of sp³-hybridized carbons (Fsp3) is 0.294. The van der Waals surface area contributed by atoms with Crippen molar-refractivity contribution in [2.75, 3.05) is 14.2 Å². The van der Waals surface area contributed by atoms with Crippen molar-refractivity contribution in [3.05, 3.63) is 41.2 Å². The zero-order chi connectivity index (χ0) is 17.3. The predicted molar refractivity (Wildman–Crippen MR) is 108 cm³/mol. The molecule has 2 heterocycles. The number of aromatic nitrogens is 3. The zero-order valence-electron chi connectivity index (χ0n) is 17.8. The summed E-state index contributed by atoms with van der Waals surface area (Å²) in [5.41, 5.74) is 4.16. The van der Waals surface area contributed by atoms with Gasteiger partial charge in [-0.05, 0) is 26.0 Å².